The lowest BCUT2D eigenvalue weighted by Gasteiger charge is -2.29. The molecule has 0 bridgehead atoms. The zero-order valence-corrected chi connectivity index (χ0v) is 9.53. The Morgan fingerprint density at radius 2 is 1.22 bits per heavy atom. The summed E-state index contributed by atoms with van der Waals surface area (Å²) in [5.41, 5.74) is 0. The molecule has 0 spiro atoms. The first-order chi connectivity index (χ1) is 3.68. The summed E-state index contributed by atoms with van der Waals surface area (Å²) in [7, 11) is -1.15. The number of rotatable bonds is 3. The summed E-state index contributed by atoms with van der Waals surface area (Å²) >= 11 is 0. The predicted octanol–water partition coefficient (Wildman–Crippen LogP) is 2.94. The Labute approximate surface area is 76.8 Å². The quantitative estimate of drug-likeness (QED) is 0.777. The van der Waals surface area contributed by atoms with Crippen molar-refractivity contribution in [2.75, 3.05) is 17.3 Å². The van der Waals surface area contributed by atoms with E-state index in [1.807, 2.05) is 0 Å². The zero-order chi connectivity index (χ0) is 6.62. The molecule has 0 aromatic carbocycles. The third kappa shape index (κ3) is 4.44. The van der Waals surface area contributed by atoms with Crippen molar-refractivity contribution in [3.8, 4) is 0 Å². The average Bonchev–Trinajstić information content (AvgIpc) is 1.87. The van der Waals surface area contributed by atoms with Crippen LogP contribution in [0.25, 0.3) is 0 Å². The highest BCUT2D eigenvalue weighted by Gasteiger charge is 2.10. The van der Waals surface area contributed by atoms with Gasteiger partial charge in [0.25, 0.3) is 0 Å². The van der Waals surface area contributed by atoms with Gasteiger partial charge in [0.05, 0.1) is 0 Å². The van der Waals surface area contributed by atoms with Crippen molar-refractivity contribution in [3.05, 3.63) is 0 Å². The van der Waals surface area contributed by atoms with Gasteiger partial charge < -0.3 is 4.55 Å². The highest BCUT2D eigenvalue weighted by atomic mass is 127. The van der Waals surface area contributed by atoms with Gasteiger partial charge in [-0.3, -0.25) is 0 Å². The molecule has 0 amide bonds. The van der Waals surface area contributed by atoms with E-state index in [-0.39, 0.29) is 24.0 Å². The van der Waals surface area contributed by atoms with Gasteiger partial charge in [0.1, 0.15) is 0 Å². The molecule has 0 aliphatic rings. The van der Waals surface area contributed by atoms with Crippen molar-refractivity contribution in [3.63, 3.8) is 0 Å². The Morgan fingerprint density at radius 1 is 1.00 bits per heavy atom. The largest absolute Gasteiger partial charge is 0.352 e. The molecule has 0 saturated carbocycles. The third-order valence-electron chi connectivity index (χ3n) is 1.61. The Kier molecular flexibility index (Phi) is 8.18. The van der Waals surface area contributed by atoms with Gasteiger partial charge in [0.15, 0.2) is 0 Å². The molecule has 1 nitrogen and oxygen atoms in total. The van der Waals surface area contributed by atoms with Crippen LogP contribution in [0.3, 0.4) is 0 Å². The molecule has 0 aliphatic heterocycles. The van der Waals surface area contributed by atoms with Gasteiger partial charge in [-0.05, 0) is 17.3 Å². The van der Waals surface area contributed by atoms with E-state index in [2.05, 4.69) is 20.8 Å². The average molecular weight is 264 g/mol. The van der Waals surface area contributed by atoms with Crippen LogP contribution in [0.1, 0.15) is 20.8 Å². The zero-order valence-electron chi connectivity index (χ0n) is 6.39. The Hall–Kier alpha value is 1.04. The lowest BCUT2D eigenvalue weighted by atomic mass is 10.9. The van der Waals surface area contributed by atoms with Gasteiger partial charge in [-0.25, -0.2) is 0 Å². The topological polar surface area (TPSA) is 20.2 Å². The number of hydrogen-bond donors (Lipinski definition) is 1. The molecule has 0 unspecified atom stereocenters. The molecule has 0 aliphatic carbocycles. The third-order valence-corrected chi connectivity index (χ3v) is 4.84. The summed E-state index contributed by atoms with van der Waals surface area (Å²) in [6.45, 7) is 6.17. The molecule has 9 heavy (non-hydrogen) atoms. The second-order valence-corrected chi connectivity index (χ2v) is 5.60. The van der Waals surface area contributed by atoms with E-state index >= 15 is 0 Å². The van der Waals surface area contributed by atoms with Crippen molar-refractivity contribution in [2.24, 2.45) is 0 Å². The smallest absolute Gasteiger partial charge is 0.00410 e. The Morgan fingerprint density at radius 3 is 1.22 bits per heavy atom. The fraction of sp³-hybridized carbons (Fsp3) is 1.00. The van der Waals surface area contributed by atoms with Gasteiger partial charge in [-0.1, -0.05) is 20.8 Å². The van der Waals surface area contributed by atoms with Crippen LogP contribution in [-0.2, 0) is 0 Å². The van der Waals surface area contributed by atoms with E-state index in [0.717, 1.165) is 17.3 Å². The molecule has 0 radical (unpaired) electrons. The minimum Gasteiger partial charge on any atom is -0.352 e. The van der Waals surface area contributed by atoms with E-state index in [9.17, 15) is 4.55 Å². The monoisotopic (exact) mass is 264 g/mol. The van der Waals surface area contributed by atoms with Crippen molar-refractivity contribution in [2.45, 2.75) is 20.8 Å². The summed E-state index contributed by atoms with van der Waals surface area (Å²) in [5.74, 6) is 2.88. The molecular formula is C6H17IOS. The molecule has 0 saturated heterocycles. The molecule has 0 aromatic rings. The number of hydrogen-bond acceptors (Lipinski definition) is 1. The van der Waals surface area contributed by atoms with E-state index in [0.29, 0.717) is 0 Å². The highest BCUT2D eigenvalue weighted by molar-refractivity contribution is 14.0. The molecule has 0 atom stereocenters. The summed E-state index contributed by atoms with van der Waals surface area (Å²) in [4.78, 5) is 0. The summed E-state index contributed by atoms with van der Waals surface area (Å²) < 4.78 is 9.52. The van der Waals surface area contributed by atoms with Crippen LogP contribution in [0.15, 0.2) is 0 Å². The van der Waals surface area contributed by atoms with Crippen molar-refractivity contribution >= 4 is 34.3 Å². The summed E-state index contributed by atoms with van der Waals surface area (Å²) in [5, 5.41) is 0. The summed E-state index contributed by atoms with van der Waals surface area (Å²) in [6, 6.07) is 0. The minimum absolute atomic E-state index is 0. The fourth-order valence-electron chi connectivity index (χ4n) is 0.612. The van der Waals surface area contributed by atoms with Crippen LogP contribution in [0.2, 0.25) is 0 Å². The van der Waals surface area contributed by atoms with Crippen molar-refractivity contribution in [1.82, 2.24) is 0 Å². The van der Waals surface area contributed by atoms with Crippen molar-refractivity contribution in [1.29, 1.82) is 0 Å². The molecule has 0 aromatic heterocycles. The van der Waals surface area contributed by atoms with E-state index in [1.165, 1.54) is 0 Å². The molecule has 3 heteroatoms. The molecule has 0 heterocycles. The van der Waals surface area contributed by atoms with E-state index < -0.39 is 10.3 Å². The van der Waals surface area contributed by atoms with Gasteiger partial charge in [0, 0.05) is 0 Å². The molecule has 60 valence electrons. The lowest BCUT2D eigenvalue weighted by molar-refractivity contribution is 0.627. The van der Waals surface area contributed by atoms with Crippen LogP contribution in [-0.4, -0.2) is 21.8 Å². The maximum atomic E-state index is 9.52. The van der Waals surface area contributed by atoms with E-state index in [1.54, 1.807) is 0 Å². The maximum absolute atomic E-state index is 9.52. The normalized spacial score (nSPS) is 12.4. The van der Waals surface area contributed by atoms with Crippen molar-refractivity contribution < 1.29 is 4.55 Å². The Bertz CT molecular complexity index is 55.8. The molecular weight excluding hydrogens is 247 g/mol. The minimum atomic E-state index is -1.15. The maximum Gasteiger partial charge on any atom is -0.00410 e. The lowest BCUT2D eigenvalue weighted by Crippen LogP contribution is -2.06. The van der Waals surface area contributed by atoms with Crippen LogP contribution in [0.5, 0.6) is 0 Å². The van der Waals surface area contributed by atoms with Crippen LogP contribution in [0.4, 0.5) is 0 Å². The fourth-order valence-corrected chi connectivity index (χ4v) is 1.84. The molecule has 1 N–H and O–H groups in total. The van der Waals surface area contributed by atoms with Gasteiger partial charge in [-0.2, -0.15) is 0 Å². The first-order valence-electron chi connectivity index (χ1n) is 3.17. The Balaban J connectivity index is 0. The second-order valence-electron chi connectivity index (χ2n) is 1.87. The SMILES string of the molecule is CCS(O)(CC)CC.I. The highest BCUT2D eigenvalue weighted by Crippen LogP contribution is 2.41. The predicted molar refractivity (Wildman–Crippen MR) is 57.3 cm³/mol. The first kappa shape index (κ1) is 12.7. The standard InChI is InChI=1S/C6H16OS.HI/c1-4-8(7,5-2)6-3;/h7H,4-6H2,1-3H3;1H. The number of halogens is 1. The van der Waals surface area contributed by atoms with Crippen LogP contribution in [0, 0.1) is 0 Å². The van der Waals surface area contributed by atoms with Gasteiger partial charge in [-0.15, -0.1) is 34.3 Å². The molecule has 0 rings (SSSR count). The molecule has 0 fully saturated rings. The summed E-state index contributed by atoms with van der Waals surface area (Å²) in [6.07, 6.45) is 0. The van der Waals surface area contributed by atoms with E-state index in [4.69, 9.17) is 0 Å². The van der Waals surface area contributed by atoms with Crippen LogP contribution >= 0.6 is 34.3 Å². The first-order valence-corrected chi connectivity index (χ1v) is 5.27. The van der Waals surface area contributed by atoms with Gasteiger partial charge in [0.2, 0.25) is 0 Å². The van der Waals surface area contributed by atoms with Gasteiger partial charge >= 0.3 is 0 Å². The second kappa shape index (κ2) is 5.80. The van der Waals surface area contributed by atoms with Crippen LogP contribution < -0.4 is 0 Å².